The summed E-state index contributed by atoms with van der Waals surface area (Å²) in [6, 6.07) is 9.76. The normalized spacial score (nSPS) is 12.0. The van der Waals surface area contributed by atoms with E-state index in [-0.39, 0.29) is 5.97 Å². The molecular formula is C24H29NO5S. The van der Waals surface area contributed by atoms with Crippen molar-refractivity contribution < 1.29 is 23.4 Å². The molecule has 6 nitrogen and oxygen atoms in total. The van der Waals surface area contributed by atoms with E-state index in [9.17, 15) is 4.79 Å². The van der Waals surface area contributed by atoms with Gasteiger partial charge in [-0.1, -0.05) is 12.1 Å². The summed E-state index contributed by atoms with van der Waals surface area (Å²) in [5.74, 6) is 1.94. The maximum absolute atomic E-state index is 12.0. The summed E-state index contributed by atoms with van der Waals surface area (Å²) in [7, 11) is 0. The third-order valence-corrected chi connectivity index (χ3v) is 5.82. The Bertz CT molecular complexity index is 976. The summed E-state index contributed by atoms with van der Waals surface area (Å²) in [6.45, 7) is 8.94. The number of hydrogen-bond acceptors (Lipinski definition) is 7. The molecule has 0 fully saturated rings. The van der Waals surface area contributed by atoms with Gasteiger partial charge in [-0.25, -0.2) is 9.78 Å². The van der Waals surface area contributed by atoms with E-state index >= 15 is 0 Å². The largest absolute Gasteiger partial charge is 0.493 e. The molecule has 0 saturated heterocycles. The Labute approximate surface area is 187 Å². The van der Waals surface area contributed by atoms with Crippen molar-refractivity contribution in [2.75, 3.05) is 19.8 Å². The molecule has 0 unspecified atom stereocenters. The van der Waals surface area contributed by atoms with Crippen molar-refractivity contribution in [3.8, 4) is 16.5 Å². The first-order valence-electron chi connectivity index (χ1n) is 10.5. The van der Waals surface area contributed by atoms with Crippen LogP contribution in [-0.2, 0) is 27.1 Å². The second-order valence-electron chi connectivity index (χ2n) is 7.10. The summed E-state index contributed by atoms with van der Waals surface area (Å²) in [5.41, 5.74) is 3.07. The number of hydrogen-bond donors (Lipinski definition) is 0. The van der Waals surface area contributed by atoms with Crippen LogP contribution in [0.25, 0.3) is 10.8 Å². The van der Waals surface area contributed by atoms with Crippen LogP contribution in [0.2, 0.25) is 0 Å². The molecule has 0 amide bonds. The van der Waals surface area contributed by atoms with Crippen LogP contribution in [0, 0.1) is 13.8 Å². The van der Waals surface area contributed by atoms with Crippen molar-refractivity contribution in [2.45, 2.75) is 46.6 Å². The maximum atomic E-state index is 12.0. The summed E-state index contributed by atoms with van der Waals surface area (Å²) in [5, 5.41) is 2.04. The first kappa shape index (κ1) is 23.0. The maximum Gasteiger partial charge on any atom is 0.335 e. The summed E-state index contributed by atoms with van der Waals surface area (Å²) in [6.07, 6.45) is 0.542. The van der Waals surface area contributed by atoms with Crippen LogP contribution in [0.15, 0.2) is 40.1 Å². The summed E-state index contributed by atoms with van der Waals surface area (Å²) < 4.78 is 22.3. The fraction of sp³-hybridized carbons (Fsp3) is 0.417. The number of oxazole rings is 1. The van der Waals surface area contributed by atoms with Gasteiger partial charge in [-0.2, -0.15) is 0 Å². The number of rotatable bonds is 11. The summed E-state index contributed by atoms with van der Waals surface area (Å²) in [4.78, 5) is 17.7. The predicted octanol–water partition coefficient (Wildman–Crippen LogP) is 5.15. The van der Waals surface area contributed by atoms with Gasteiger partial charge in [0.2, 0.25) is 5.89 Å². The monoisotopic (exact) mass is 443 g/mol. The van der Waals surface area contributed by atoms with Crippen LogP contribution in [0.5, 0.6) is 5.75 Å². The highest BCUT2D eigenvalue weighted by atomic mass is 32.1. The number of carbonyl (C=O) groups is 1. The Kier molecular flexibility index (Phi) is 8.26. The molecule has 166 valence electrons. The molecule has 0 radical (unpaired) electrons. The van der Waals surface area contributed by atoms with Gasteiger partial charge < -0.3 is 18.6 Å². The molecule has 31 heavy (non-hydrogen) atoms. The molecule has 2 aromatic heterocycles. The third kappa shape index (κ3) is 6.18. The molecule has 0 saturated carbocycles. The molecule has 3 rings (SSSR count). The molecule has 0 aliphatic carbocycles. The highest BCUT2D eigenvalue weighted by Gasteiger charge is 2.20. The number of carbonyl (C=O) groups excluding carboxylic acids is 1. The Morgan fingerprint density at radius 3 is 2.55 bits per heavy atom. The van der Waals surface area contributed by atoms with E-state index in [1.807, 2.05) is 43.5 Å². The van der Waals surface area contributed by atoms with Crippen molar-refractivity contribution in [1.29, 1.82) is 0 Å². The second-order valence-corrected chi connectivity index (χ2v) is 8.01. The van der Waals surface area contributed by atoms with Gasteiger partial charge in [0.25, 0.3) is 0 Å². The Hall–Kier alpha value is -2.64. The van der Waals surface area contributed by atoms with Gasteiger partial charge >= 0.3 is 5.97 Å². The highest BCUT2D eigenvalue weighted by Crippen LogP contribution is 2.30. The van der Waals surface area contributed by atoms with E-state index in [0.29, 0.717) is 38.6 Å². The van der Waals surface area contributed by atoms with Crippen LogP contribution in [0.3, 0.4) is 0 Å². The van der Waals surface area contributed by atoms with E-state index in [1.165, 1.54) is 5.56 Å². The third-order valence-electron chi connectivity index (χ3n) is 4.82. The number of aryl methyl sites for hydroxylation is 2. The molecule has 2 heterocycles. The van der Waals surface area contributed by atoms with Crippen LogP contribution < -0.4 is 4.74 Å². The van der Waals surface area contributed by atoms with Crippen molar-refractivity contribution in [3.05, 3.63) is 58.3 Å². The fourth-order valence-corrected chi connectivity index (χ4v) is 4.05. The molecule has 7 heteroatoms. The number of thiophene rings is 1. The molecule has 0 N–H and O–H groups in total. The lowest BCUT2D eigenvalue weighted by Crippen LogP contribution is -2.28. The predicted molar refractivity (Wildman–Crippen MR) is 121 cm³/mol. The fourth-order valence-electron chi connectivity index (χ4n) is 3.20. The van der Waals surface area contributed by atoms with Gasteiger partial charge in [-0.3, -0.25) is 0 Å². The quantitative estimate of drug-likeness (QED) is 0.382. The van der Waals surface area contributed by atoms with Gasteiger partial charge in [0.05, 0.1) is 23.8 Å². The first-order chi connectivity index (χ1) is 15.0. The second kappa shape index (κ2) is 11.1. The van der Waals surface area contributed by atoms with Gasteiger partial charge in [0.1, 0.15) is 11.5 Å². The summed E-state index contributed by atoms with van der Waals surface area (Å²) >= 11 is 1.63. The van der Waals surface area contributed by atoms with E-state index < -0.39 is 6.10 Å². The Morgan fingerprint density at radius 1 is 1.13 bits per heavy atom. The standard InChI is InChI=1S/C24H29NO5S/c1-5-27-21(24(26)28-6-2)15-18-7-9-19(10-8-18)29-13-11-20-17(4)30-23(25-20)22-16(3)12-14-31-22/h7-10,12,14,21H,5-6,11,13,15H2,1-4H3/t21-/m0/s1. The highest BCUT2D eigenvalue weighted by molar-refractivity contribution is 7.13. The van der Waals surface area contributed by atoms with Crippen LogP contribution in [0.4, 0.5) is 0 Å². The van der Waals surface area contributed by atoms with Gasteiger partial charge in [-0.05, 0) is 62.4 Å². The SMILES string of the molecule is CCOC(=O)[C@H](Cc1ccc(OCCc2nc(-c3sccc3C)oc2C)cc1)OCC. The number of aromatic nitrogens is 1. The molecule has 0 spiro atoms. The van der Waals surface area contributed by atoms with E-state index in [1.54, 1.807) is 18.3 Å². The topological polar surface area (TPSA) is 70.8 Å². The van der Waals surface area contributed by atoms with Crippen LogP contribution in [0.1, 0.15) is 36.4 Å². The van der Waals surface area contributed by atoms with E-state index in [0.717, 1.165) is 27.6 Å². The van der Waals surface area contributed by atoms with Crippen molar-refractivity contribution >= 4 is 17.3 Å². The molecule has 1 atom stereocenters. The Morgan fingerprint density at radius 2 is 1.90 bits per heavy atom. The first-order valence-corrected chi connectivity index (χ1v) is 11.4. The van der Waals surface area contributed by atoms with Gasteiger partial charge in [0.15, 0.2) is 6.10 Å². The van der Waals surface area contributed by atoms with Crippen molar-refractivity contribution in [3.63, 3.8) is 0 Å². The minimum absolute atomic E-state index is 0.329. The number of benzene rings is 1. The van der Waals surface area contributed by atoms with Crippen molar-refractivity contribution in [2.24, 2.45) is 0 Å². The number of esters is 1. The lowest BCUT2D eigenvalue weighted by Gasteiger charge is -2.15. The number of ether oxygens (including phenoxy) is 3. The van der Waals surface area contributed by atoms with Crippen LogP contribution in [-0.4, -0.2) is 36.9 Å². The van der Waals surface area contributed by atoms with E-state index in [2.05, 4.69) is 18.0 Å². The molecule has 3 aromatic rings. The zero-order valence-electron chi connectivity index (χ0n) is 18.5. The van der Waals surface area contributed by atoms with Crippen LogP contribution >= 0.6 is 11.3 Å². The zero-order chi connectivity index (χ0) is 22.2. The average Bonchev–Trinajstić information content (AvgIpc) is 3.34. The molecule has 0 aliphatic rings. The van der Waals surface area contributed by atoms with Gasteiger partial charge in [-0.15, -0.1) is 11.3 Å². The lowest BCUT2D eigenvalue weighted by molar-refractivity contribution is -0.156. The molecule has 0 bridgehead atoms. The minimum Gasteiger partial charge on any atom is -0.493 e. The zero-order valence-corrected chi connectivity index (χ0v) is 19.3. The number of nitrogens with zero attached hydrogens (tertiary/aromatic N) is 1. The van der Waals surface area contributed by atoms with E-state index in [4.69, 9.17) is 18.6 Å². The lowest BCUT2D eigenvalue weighted by atomic mass is 10.1. The van der Waals surface area contributed by atoms with Gasteiger partial charge in [0, 0.05) is 19.4 Å². The molecule has 1 aromatic carbocycles. The molecular weight excluding hydrogens is 414 g/mol. The minimum atomic E-state index is -0.590. The molecule has 0 aliphatic heterocycles. The average molecular weight is 444 g/mol. The Balaban J connectivity index is 1.53. The smallest absolute Gasteiger partial charge is 0.335 e. The van der Waals surface area contributed by atoms with Crippen molar-refractivity contribution in [1.82, 2.24) is 4.98 Å².